The molecule has 0 unspecified atom stereocenters. The predicted molar refractivity (Wildman–Crippen MR) is 132 cm³/mol. The third-order valence-electron chi connectivity index (χ3n) is 4.93. The number of esters is 1. The van der Waals surface area contributed by atoms with Gasteiger partial charge in [-0.05, 0) is 53.7 Å². The first kappa shape index (κ1) is 24.5. The fourth-order valence-corrected chi connectivity index (χ4v) is 4.55. The summed E-state index contributed by atoms with van der Waals surface area (Å²) in [5.41, 5.74) is 0.839. The number of hydrogen-bond donors (Lipinski definition) is 0. The highest BCUT2D eigenvalue weighted by Crippen LogP contribution is 2.34. The van der Waals surface area contributed by atoms with Crippen molar-refractivity contribution in [1.82, 2.24) is 4.90 Å². The Balaban J connectivity index is 1.46. The lowest BCUT2D eigenvalue weighted by Crippen LogP contribution is -2.27. The second-order valence-electron chi connectivity index (χ2n) is 7.24. The van der Waals surface area contributed by atoms with Gasteiger partial charge in [-0.25, -0.2) is 4.79 Å². The number of carbonyl (C=O) groups excluding carboxylic acids is 3. The summed E-state index contributed by atoms with van der Waals surface area (Å²) in [5, 5.41) is 11.3. The van der Waals surface area contributed by atoms with Gasteiger partial charge in [-0.3, -0.25) is 24.6 Å². The molecule has 1 saturated heterocycles. The van der Waals surface area contributed by atoms with E-state index in [0.717, 1.165) is 16.7 Å². The van der Waals surface area contributed by atoms with Crippen molar-refractivity contribution >= 4 is 63.8 Å². The van der Waals surface area contributed by atoms with Crippen LogP contribution in [0.4, 0.5) is 10.5 Å². The van der Waals surface area contributed by atoms with Gasteiger partial charge in [0.1, 0.15) is 5.75 Å². The lowest BCUT2D eigenvalue weighted by atomic mass is 10.1. The summed E-state index contributed by atoms with van der Waals surface area (Å²) in [4.78, 5) is 49.3. The van der Waals surface area contributed by atoms with Crippen LogP contribution in [0.15, 0.2) is 71.6 Å². The number of nitro groups is 1. The minimum absolute atomic E-state index is 0.160. The molecule has 0 aliphatic carbocycles. The van der Waals surface area contributed by atoms with Crippen LogP contribution in [-0.2, 0) is 11.3 Å². The molecule has 0 atom stereocenters. The van der Waals surface area contributed by atoms with E-state index in [2.05, 4.69) is 0 Å². The Kier molecular flexibility index (Phi) is 7.20. The van der Waals surface area contributed by atoms with Crippen LogP contribution in [0.25, 0.3) is 6.08 Å². The molecule has 3 aromatic carbocycles. The van der Waals surface area contributed by atoms with Crippen LogP contribution < -0.4 is 4.74 Å². The first-order valence-corrected chi connectivity index (χ1v) is 11.5. The molecule has 1 heterocycles. The summed E-state index contributed by atoms with van der Waals surface area (Å²) in [5.74, 6) is -0.954. The quantitative estimate of drug-likeness (QED) is 0.120. The van der Waals surface area contributed by atoms with Gasteiger partial charge in [-0.1, -0.05) is 53.5 Å². The van der Waals surface area contributed by atoms with E-state index in [4.69, 9.17) is 27.9 Å². The third-order valence-corrected chi connectivity index (χ3v) is 6.39. The average molecular weight is 529 g/mol. The highest BCUT2D eigenvalue weighted by Gasteiger charge is 2.36. The molecule has 0 bridgehead atoms. The summed E-state index contributed by atoms with van der Waals surface area (Å²) in [7, 11) is 0. The fraction of sp³-hybridized carbons (Fsp3) is 0.0417. The first-order chi connectivity index (χ1) is 16.7. The van der Waals surface area contributed by atoms with E-state index in [-0.39, 0.29) is 39.0 Å². The number of thioether (sulfide) groups is 1. The van der Waals surface area contributed by atoms with Gasteiger partial charge in [0, 0.05) is 16.7 Å². The highest BCUT2D eigenvalue weighted by atomic mass is 35.5. The standard InChI is InChI=1S/C24H14Cl2N2O6S/c25-16-7-10-18(19(26)12-16)23(30)34-17-8-5-14(6-9-17)11-21-22(29)27(24(31)35-21)13-15-3-1-2-4-20(15)28(32)33/h1-12H,13H2/b21-11-. The number of ether oxygens (including phenoxy) is 1. The fourth-order valence-electron chi connectivity index (χ4n) is 3.23. The second kappa shape index (κ2) is 10.3. The number of carbonyl (C=O) groups is 3. The molecule has 11 heteroatoms. The van der Waals surface area contributed by atoms with Gasteiger partial charge in [-0.15, -0.1) is 0 Å². The number of hydrogen-bond acceptors (Lipinski definition) is 7. The molecule has 35 heavy (non-hydrogen) atoms. The maximum Gasteiger partial charge on any atom is 0.345 e. The van der Waals surface area contributed by atoms with Crippen LogP contribution in [0.5, 0.6) is 5.75 Å². The molecule has 3 aromatic rings. The Bertz CT molecular complexity index is 1390. The SMILES string of the molecule is O=C(Oc1ccc(/C=C2\SC(=O)N(Cc3ccccc3[N+](=O)[O-])C2=O)cc1)c1ccc(Cl)cc1Cl. The maximum atomic E-state index is 12.8. The number of rotatable bonds is 6. The van der Waals surface area contributed by atoms with E-state index in [0.29, 0.717) is 10.6 Å². The van der Waals surface area contributed by atoms with Crippen LogP contribution in [0.2, 0.25) is 10.0 Å². The third kappa shape index (κ3) is 5.54. The predicted octanol–water partition coefficient (Wildman–Crippen LogP) is 6.36. The average Bonchev–Trinajstić information content (AvgIpc) is 3.07. The molecule has 0 N–H and O–H groups in total. The lowest BCUT2D eigenvalue weighted by Gasteiger charge is -2.12. The molecule has 176 valence electrons. The van der Waals surface area contributed by atoms with Gasteiger partial charge in [0.25, 0.3) is 16.8 Å². The van der Waals surface area contributed by atoms with Crippen molar-refractivity contribution in [3.8, 4) is 5.75 Å². The van der Waals surface area contributed by atoms with Crippen LogP contribution in [0.3, 0.4) is 0 Å². The van der Waals surface area contributed by atoms with Crippen molar-refractivity contribution in [1.29, 1.82) is 0 Å². The maximum absolute atomic E-state index is 12.8. The van der Waals surface area contributed by atoms with E-state index in [1.54, 1.807) is 18.2 Å². The Morgan fingerprint density at radius 3 is 2.46 bits per heavy atom. The van der Waals surface area contributed by atoms with Crippen molar-refractivity contribution in [2.45, 2.75) is 6.54 Å². The highest BCUT2D eigenvalue weighted by molar-refractivity contribution is 8.18. The number of para-hydroxylation sites is 1. The van der Waals surface area contributed by atoms with Crippen molar-refractivity contribution in [3.63, 3.8) is 0 Å². The molecule has 2 amide bonds. The smallest absolute Gasteiger partial charge is 0.345 e. The summed E-state index contributed by atoms with van der Waals surface area (Å²) >= 11 is 12.6. The number of amides is 2. The van der Waals surface area contributed by atoms with Crippen LogP contribution in [0.1, 0.15) is 21.5 Å². The monoisotopic (exact) mass is 528 g/mol. The van der Waals surface area contributed by atoms with Gasteiger partial charge in [0.05, 0.1) is 27.0 Å². The van der Waals surface area contributed by atoms with Crippen molar-refractivity contribution < 1.29 is 24.0 Å². The van der Waals surface area contributed by atoms with Crippen LogP contribution in [0, 0.1) is 10.1 Å². The second-order valence-corrected chi connectivity index (χ2v) is 9.07. The molecular weight excluding hydrogens is 515 g/mol. The lowest BCUT2D eigenvalue weighted by molar-refractivity contribution is -0.385. The van der Waals surface area contributed by atoms with E-state index < -0.39 is 22.0 Å². The number of benzene rings is 3. The van der Waals surface area contributed by atoms with Crippen LogP contribution in [-0.4, -0.2) is 26.9 Å². The van der Waals surface area contributed by atoms with Crippen molar-refractivity contribution in [2.75, 3.05) is 0 Å². The van der Waals surface area contributed by atoms with E-state index >= 15 is 0 Å². The van der Waals surface area contributed by atoms with Crippen LogP contribution >= 0.6 is 35.0 Å². The molecule has 1 aliphatic rings. The summed E-state index contributed by atoms with van der Waals surface area (Å²) in [6.07, 6.45) is 1.52. The van der Waals surface area contributed by atoms with Crippen molar-refractivity contribution in [3.05, 3.63) is 108 Å². The normalized spacial score (nSPS) is 14.5. The Labute approximate surface area is 213 Å². The van der Waals surface area contributed by atoms with Gasteiger partial charge in [0.15, 0.2) is 0 Å². The van der Waals surface area contributed by atoms with E-state index in [9.17, 15) is 24.5 Å². The van der Waals surface area contributed by atoms with Gasteiger partial charge < -0.3 is 4.74 Å². The molecule has 0 spiro atoms. The Hall–Kier alpha value is -3.66. The molecule has 0 radical (unpaired) electrons. The Morgan fingerprint density at radius 1 is 1.06 bits per heavy atom. The zero-order valence-corrected chi connectivity index (χ0v) is 20.0. The molecule has 0 aromatic heterocycles. The molecule has 8 nitrogen and oxygen atoms in total. The Morgan fingerprint density at radius 2 is 1.77 bits per heavy atom. The minimum Gasteiger partial charge on any atom is -0.423 e. The number of imide groups is 1. The van der Waals surface area contributed by atoms with E-state index in [1.807, 2.05) is 0 Å². The molecule has 4 rings (SSSR count). The van der Waals surface area contributed by atoms with Gasteiger partial charge >= 0.3 is 5.97 Å². The topological polar surface area (TPSA) is 107 Å². The number of nitro benzene ring substituents is 1. The zero-order chi connectivity index (χ0) is 25.1. The molecular formula is C24H14Cl2N2O6S. The summed E-state index contributed by atoms with van der Waals surface area (Å²) in [6, 6.07) is 16.7. The summed E-state index contributed by atoms with van der Waals surface area (Å²) in [6.45, 7) is -0.207. The molecule has 1 fully saturated rings. The van der Waals surface area contributed by atoms with Crippen molar-refractivity contribution in [2.24, 2.45) is 0 Å². The van der Waals surface area contributed by atoms with E-state index in [1.165, 1.54) is 54.6 Å². The number of halogens is 2. The minimum atomic E-state index is -0.657. The molecule has 1 aliphatic heterocycles. The number of nitrogens with zero attached hydrogens (tertiary/aromatic N) is 2. The van der Waals surface area contributed by atoms with Gasteiger partial charge in [-0.2, -0.15) is 0 Å². The zero-order valence-electron chi connectivity index (χ0n) is 17.6. The molecule has 0 saturated carbocycles. The largest absolute Gasteiger partial charge is 0.423 e. The van der Waals surface area contributed by atoms with Gasteiger partial charge in [0.2, 0.25) is 0 Å². The first-order valence-electron chi connectivity index (χ1n) is 9.98. The summed E-state index contributed by atoms with van der Waals surface area (Å²) < 4.78 is 5.32.